The third kappa shape index (κ3) is 4.76. The number of fused-ring (bicyclic) bond motifs is 2. The molecule has 42 heavy (non-hydrogen) atoms. The van der Waals surface area contributed by atoms with Crippen LogP contribution in [-0.2, 0) is 36.0 Å². The molecule has 0 amide bonds. The molecule has 0 aromatic heterocycles. The van der Waals surface area contributed by atoms with E-state index in [0.717, 1.165) is 0 Å². The molecule has 0 radical (unpaired) electrons. The molecule has 0 fully saturated rings. The minimum atomic E-state index is -0.758. The number of benzene rings is 4. The summed E-state index contributed by atoms with van der Waals surface area (Å²) in [5.74, 6) is 0.736. The molecule has 0 saturated heterocycles. The van der Waals surface area contributed by atoms with E-state index in [4.69, 9.17) is 23.2 Å². The second-order valence-electron chi connectivity index (χ2n) is 12.4. The van der Waals surface area contributed by atoms with Crippen LogP contribution in [0.3, 0.4) is 0 Å². The van der Waals surface area contributed by atoms with Crippen molar-refractivity contribution in [1.82, 2.24) is 0 Å². The Kier molecular flexibility index (Phi) is 8.73. The minimum absolute atomic E-state index is 0. The maximum Gasteiger partial charge on any atom is 0.0940 e. The second-order valence-corrected chi connectivity index (χ2v) is 13.7. The molecule has 4 aromatic rings. The van der Waals surface area contributed by atoms with E-state index < -0.39 is 9.75 Å². The van der Waals surface area contributed by atoms with E-state index in [-0.39, 0.29) is 26.2 Å². The summed E-state index contributed by atoms with van der Waals surface area (Å²) in [5, 5.41) is 0. The van der Waals surface area contributed by atoms with Crippen LogP contribution < -0.4 is 0 Å². The summed E-state index contributed by atoms with van der Waals surface area (Å²) < 4.78 is 0. The van der Waals surface area contributed by atoms with Crippen LogP contribution in [0.5, 0.6) is 0 Å². The van der Waals surface area contributed by atoms with Gasteiger partial charge in [0.25, 0.3) is 0 Å². The van der Waals surface area contributed by atoms with Crippen LogP contribution in [0.1, 0.15) is 104 Å². The van der Waals surface area contributed by atoms with Crippen molar-refractivity contribution in [2.45, 2.75) is 69.5 Å². The molecule has 2 aliphatic rings. The molecule has 0 saturated carbocycles. The first-order valence-electron chi connectivity index (χ1n) is 14.8. The third-order valence-electron chi connectivity index (χ3n) is 9.34. The molecule has 2 atom stereocenters. The predicted octanol–water partition coefficient (Wildman–Crippen LogP) is 11.6. The second kappa shape index (κ2) is 11.7. The van der Waals surface area contributed by atoms with Gasteiger partial charge in [0.1, 0.15) is 0 Å². The van der Waals surface area contributed by atoms with Crippen LogP contribution in [-0.4, -0.2) is 0 Å². The van der Waals surface area contributed by atoms with Crippen molar-refractivity contribution in [3.8, 4) is 0 Å². The molecular weight excluding hydrogens is 631 g/mol. The van der Waals surface area contributed by atoms with Gasteiger partial charge in [-0.05, 0) is 92.5 Å². The number of rotatable bonds is 6. The molecule has 3 heteroatoms. The largest absolute Gasteiger partial charge is 0.109 e. The monoisotopic (exact) mass is 666 g/mol. The summed E-state index contributed by atoms with van der Waals surface area (Å²) in [5.41, 5.74) is 14.8. The molecule has 0 nitrogen and oxygen atoms in total. The topological polar surface area (TPSA) is 0 Å². The number of halogens is 2. The molecule has 4 aromatic carbocycles. The van der Waals surface area contributed by atoms with E-state index >= 15 is 0 Å². The molecule has 6 rings (SSSR count). The van der Waals surface area contributed by atoms with E-state index in [1.165, 1.54) is 66.8 Å². The Morgan fingerprint density at radius 2 is 0.881 bits per heavy atom. The number of hydrogen-bond donors (Lipinski definition) is 0. The Hall–Kier alpha value is -2.18. The first-order valence-corrected chi connectivity index (χ1v) is 15.5. The van der Waals surface area contributed by atoms with Crippen LogP contribution in [0, 0.1) is 0 Å². The molecule has 0 aliphatic heterocycles. The van der Waals surface area contributed by atoms with Gasteiger partial charge in [-0.25, -0.2) is 0 Å². The van der Waals surface area contributed by atoms with Crippen LogP contribution in [0.25, 0.3) is 11.1 Å². The van der Waals surface area contributed by atoms with Crippen molar-refractivity contribution >= 4 is 34.3 Å². The first-order chi connectivity index (χ1) is 19.6. The van der Waals surface area contributed by atoms with E-state index in [9.17, 15) is 0 Å². The Labute approximate surface area is 281 Å². The van der Waals surface area contributed by atoms with Crippen molar-refractivity contribution in [1.29, 1.82) is 0 Å². The van der Waals surface area contributed by atoms with E-state index in [1.807, 2.05) is 0 Å². The van der Waals surface area contributed by atoms with Crippen molar-refractivity contribution in [2.24, 2.45) is 0 Å². The standard InChI is InChI=1S/C39H38Cl2.Zr/c1-24(2)30-19-13-21-32-36(30)34(28-15-9-7-10-16-28)26(5)38(32,40)23-39(41)27(6)35(29-17-11-8-12-18-29)37-31(25(3)4)20-14-22-33(37)39;/h7-22,24-25H,23H2,1-6H3;. The average Bonchev–Trinajstić information content (AvgIpc) is 3.33. The van der Waals surface area contributed by atoms with Crippen LogP contribution in [0.15, 0.2) is 108 Å². The van der Waals surface area contributed by atoms with Crippen LogP contribution in [0.4, 0.5) is 0 Å². The maximum absolute atomic E-state index is 8.01. The molecule has 0 spiro atoms. The average molecular weight is 669 g/mol. The van der Waals surface area contributed by atoms with E-state index in [2.05, 4.69) is 139 Å². The van der Waals surface area contributed by atoms with Gasteiger partial charge in [0.2, 0.25) is 0 Å². The van der Waals surface area contributed by atoms with E-state index in [0.29, 0.717) is 18.3 Å². The fourth-order valence-corrected chi connectivity index (χ4v) is 8.19. The van der Waals surface area contributed by atoms with Crippen molar-refractivity contribution < 1.29 is 26.2 Å². The molecule has 2 aliphatic carbocycles. The molecular formula is C39H38Cl2Zr. The maximum atomic E-state index is 8.01. The van der Waals surface area contributed by atoms with Crippen molar-refractivity contribution in [3.63, 3.8) is 0 Å². The van der Waals surface area contributed by atoms with Gasteiger partial charge < -0.3 is 0 Å². The van der Waals surface area contributed by atoms with Gasteiger partial charge in [-0.1, -0.05) is 125 Å². The van der Waals surface area contributed by atoms with Gasteiger partial charge in [-0.3, -0.25) is 0 Å². The quantitative estimate of drug-likeness (QED) is 0.179. The van der Waals surface area contributed by atoms with Crippen LogP contribution in [0.2, 0.25) is 0 Å². The summed E-state index contributed by atoms with van der Waals surface area (Å²) in [6.07, 6.45) is 0.566. The summed E-state index contributed by atoms with van der Waals surface area (Å²) in [7, 11) is 0. The summed E-state index contributed by atoms with van der Waals surface area (Å²) >= 11 is 16.0. The predicted molar refractivity (Wildman–Crippen MR) is 177 cm³/mol. The Morgan fingerprint density at radius 3 is 1.21 bits per heavy atom. The smallest absolute Gasteiger partial charge is 0.0940 e. The zero-order chi connectivity index (χ0) is 29.1. The fourth-order valence-electron chi connectivity index (χ4n) is 7.22. The summed E-state index contributed by atoms with van der Waals surface area (Å²) in [6.45, 7) is 13.5. The van der Waals surface area contributed by atoms with Gasteiger partial charge in [-0.2, -0.15) is 0 Å². The summed E-state index contributed by atoms with van der Waals surface area (Å²) in [6, 6.07) is 34.8. The molecule has 0 bridgehead atoms. The molecule has 2 unspecified atom stereocenters. The first kappa shape index (κ1) is 31.3. The van der Waals surface area contributed by atoms with Gasteiger partial charge in [0.05, 0.1) is 9.75 Å². The molecule has 0 N–H and O–H groups in total. The zero-order valence-corrected chi connectivity index (χ0v) is 29.3. The third-order valence-corrected chi connectivity index (χ3v) is 10.6. The fraction of sp³-hybridized carbons (Fsp3) is 0.282. The van der Waals surface area contributed by atoms with Gasteiger partial charge >= 0.3 is 0 Å². The van der Waals surface area contributed by atoms with Crippen LogP contribution >= 0.6 is 23.2 Å². The number of allylic oxidation sites excluding steroid dienone is 2. The Balaban J connectivity index is 0.00000353. The van der Waals surface area contributed by atoms with Crippen molar-refractivity contribution in [2.75, 3.05) is 0 Å². The Morgan fingerprint density at radius 1 is 0.524 bits per heavy atom. The zero-order valence-electron chi connectivity index (χ0n) is 25.4. The normalized spacial score (nSPS) is 21.2. The number of alkyl halides is 2. The van der Waals surface area contributed by atoms with Gasteiger partial charge in [-0.15, -0.1) is 23.2 Å². The molecule has 212 valence electrons. The number of hydrogen-bond acceptors (Lipinski definition) is 0. The summed E-state index contributed by atoms with van der Waals surface area (Å²) in [4.78, 5) is -1.52. The van der Waals surface area contributed by atoms with Gasteiger partial charge in [0.15, 0.2) is 0 Å². The Bertz CT molecular complexity index is 1570. The van der Waals surface area contributed by atoms with E-state index in [1.54, 1.807) is 0 Å². The van der Waals surface area contributed by atoms with Gasteiger partial charge in [0, 0.05) is 32.6 Å². The molecule has 0 heterocycles. The minimum Gasteiger partial charge on any atom is -0.109 e. The SMILES string of the molecule is CC1=C(c2ccccc2)c2c(C(C)C)cccc2C1(Cl)CC1(Cl)C(C)=C(c2ccccc2)c2c(C(C)C)cccc21.[Zr]. The van der Waals surface area contributed by atoms with Crippen molar-refractivity contribution in [3.05, 3.63) is 153 Å².